The van der Waals surface area contributed by atoms with E-state index in [1.807, 2.05) is 33.2 Å². The molecule has 2 aromatic carbocycles. The first-order chi connectivity index (χ1) is 16.7. The summed E-state index contributed by atoms with van der Waals surface area (Å²) in [6.45, 7) is 3.27. The average Bonchev–Trinajstić information content (AvgIpc) is 3.30. The molecule has 0 spiro atoms. The third-order valence-electron chi connectivity index (χ3n) is 5.20. The number of quaternary nitrogens is 1. The molecule has 2 amide bonds. The molecule has 0 aliphatic rings. The van der Waals surface area contributed by atoms with Gasteiger partial charge in [-0.1, -0.05) is 29.8 Å². The number of hydrogen-bond acceptors (Lipinski definition) is 5. The van der Waals surface area contributed by atoms with Crippen LogP contribution in [0.2, 0.25) is 0 Å². The second kappa shape index (κ2) is 11.8. The summed E-state index contributed by atoms with van der Waals surface area (Å²) >= 11 is 0. The van der Waals surface area contributed by atoms with Crippen LogP contribution in [0.5, 0.6) is 0 Å². The Bertz CT molecular complexity index is 1230. The minimum Gasteiger partial charge on any atom is -0.457 e. The summed E-state index contributed by atoms with van der Waals surface area (Å²) in [5, 5.41) is 16.6. The van der Waals surface area contributed by atoms with Crippen LogP contribution in [0, 0.1) is 17.0 Å². The largest absolute Gasteiger partial charge is 0.457 e. The highest BCUT2D eigenvalue weighted by atomic mass is 16.6. The van der Waals surface area contributed by atoms with Gasteiger partial charge in [-0.2, -0.15) is 0 Å². The molecule has 1 aromatic heterocycles. The molecule has 0 unspecified atom stereocenters. The number of carbonyl (C=O) groups is 2. The Kier molecular flexibility index (Phi) is 8.53. The third-order valence-corrected chi connectivity index (χ3v) is 5.20. The lowest BCUT2D eigenvalue weighted by Crippen LogP contribution is -3.05. The molecule has 0 fully saturated rings. The molecule has 0 atom stereocenters. The maximum absolute atomic E-state index is 12.9. The van der Waals surface area contributed by atoms with Crippen LogP contribution in [0.25, 0.3) is 17.4 Å². The number of carbonyl (C=O) groups excluding carboxylic acids is 2. The molecular weight excluding hydrogens is 448 g/mol. The van der Waals surface area contributed by atoms with Gasteiger partial charge in [-0.15, -0.1) is 0 Å². The maximum atomic E-state index is 12.9. The number of nitrogens with zero attached hydrogens (tertiary/aromatic N) is 1. The normalized spacial score (nSPS) is 11.4. The van der Waals surface area contributed by atoms with E-state index in [9.17, 15) is 19.7 Å². The number of furan rings is 1. The van der Waals surface area contributed by atoms with Crippen molar-refractivity contribution in [1.82, 2.24) is 10.6 Å². The van der Waals surface area contributed by atoms with E-state index in [0.29, 0.717) is 29.2 Å². The van der Waals surface area contributed by atoms with E-state index >= 15 is 0 Å². The summed E-state index contributed by atoms with van der Waals surface area (Å²) < 4.78 is 5.81. The lowest BCUT2D eigenvalue weighted by molar-refractivity contribution is -0.858. The molecular formula is C26H29N4O5+. The number of hydrogen-bond donors (Lipinski definition) is 3. The van der Waals surface area contributed by atoms with Crippen molar-refractivity contribution in [2.75, 3.05) is 27.2 Å². The summed E-state index contributed by atoms with van der Waals surface area (Å²) in [4.78, 5) is 37.5. The van der Waals surface area contributed by atoms with Gasteiger partial charge in [0, 0.05) is 42.3 Å². The quantitative estimate of drug-likeness (QED) is 0.180. The van der Waals surface area contributed by atoms with Gasteiger partial charge >= 0.3 is 0 Å². The Morgan fingerprint density at radius 2 is 1.83 bits per heavy atom. The second-order valence-corrected chi connectivity index (χ2v) is 8.45. The number of benzene rings is 2. The first kappa shape index (κ1) is 25.4. The zero-order valence-electron chi connectivity index (χ0n) is 20.0. The molecule has 9 nitrogen and oxygen atoms in total. The average molecular weight is 478 g/mol. The fourth-order valence-electron chi connectivity index (χ4n) is 3.30. The van der Waals surface area contributed by atoms with E-state index in [1.54, 1.807) is 36.4 Å². The summed E-state index contributed by atoms with van der Waals surface area (Å²) in [6.07, 6.45) is 2.23. The topological polar surface area (TPSA) is 119 Å². The van der Waals surface area contributed by atoms with Crippen molar-refractivity contribution in [3.05, 3.63) is 93.4 Å². The van der Waals surface area contributed by atoms with Gasteiger partial charge in [-0.25, -0.2) is 0 Å². The molecule has 35 heavy (non-hydrogen) atoms. The standard InChI is InChI=1S/C26H28N4O5/c1-18-8-10-19(11-9-18)25(31)28-23(26(32)27-14-5-15-29(2)3)17-22-12-13-24(35-22)20-6-4-7-21(16-20)30(33)34/h4,6-13,16-17H,5,14-15H2,1-3H3,(H,27,32)(H,28,31)/p+1/b23-17-. The van der Waals surface area contributed by atoms with Gasteiger partial charge in [-0.3, -0.25) is 19.7 Å². The fraction of sp³-hybridized carbons (Fsp3) is 0.231. The lowest BCUT2D eigenvalue weighted by Gasteiger charge is -2.12. The summed E-state index contributed by atoms with van der Waals surface area (Å²) in [7, 11) is 4.07. The lowest BCUT2D eigenvalue weighted by atomic mass is 10.1. The van der Waals surface area contributed by atoms with Crippen LogP contribution in [-0.4, -0.2) is 43.9 Å². The maximum Gasteiger partial charge on any atom is 0.270 e. The number of amides is 2. The van der Waals surface area contributed by atoms with Crippen molar-refractivity contribution >= 4 is 23.6 Å². The zero-order chi connectivity index (χ0) is 25.4. The molecule has 0 aliphatic carbocycles. The third kappa shape index (κ3) is 7.38. The predicted octanol–water partition coefficient (Wildman–Crippen LogP) is 2.58. The van der Waals surface area contributed by atoms with Gasteiger partial charge in [0.25, 0.3) is 17.5 Å². The second-order valence-electron chi connectivity index (χ2n) is 8.45. The molecule has 0 saturated carbocycles. The number of non-ortho nitro benzene ring substituents is 1. The van der Waals surface area contributed by atoms with Crippen LogP contribution < -0.4 is 15.5 Å². The summed E-state index contributed by atoms with van der Waals surface area (Å²) in [6, 6.07) is 16.4. The Hall–Kier alpha value is -4.24. The molecule has 0 bridgehead atoms. The predicted molar refractivity (Wildman–Crippen MR) is 133 cm³/mol. The van der Waals surface area contributed by atoms with Crippen LogP contribution in [0.1, 0.15) is 28.1 Å². The monoisotopic (exact) mass is 477 g/mol. The van der Waals surface area contributed by atoms with E-state index in [2.05, 4.69) is 10.6 Å². The summed E-state index contributed by atoms with van der Waals surface area (Å²) in [5.41, 5.74) is 1.94. The van der Waals surface area contributed by atoms with Gasteiger partial charge in [0.2, 0.25) is 0 Å². The van der Waals surface area contributed by atoms with E-state index in [0.717, 1.165) is 18.5 Å². The number of aryl methyl sites for hydroxylation is 1. The molecule has 3 N–H and O–H groups in total. The van der Waals surface area contributed by atoms with Crippen molar-refractivity contribution in [2.24, 2.45) is 0 Å². The van der Waals surface area contributed by atoms with Crippen LogP contribution >= 0.6 is 0 Å². The van der Waals surface area contributed by atoms with Crippen LogP contribution in [0.3, 0.4) is 0 Å². The Labute approximate surface area is 203 Å². The van der Waals surface area contributed by atoms with Gasteiger partial charge in [-0.05, 0) is 31.2 Å². The highest BCUT2D eigenvalue weighted by Gasteiger charge is 2.16. The van der Waals surface area contributed by atoms with Crippen LogP contribution in [-0.2, 0) is 4.79 Å². The first-order valence-electron chi connectivity index (χ1n) is 11.2. The zero-order valence-corrected chi connectivity index (χ0v) is 20.0. The minimum absolute atomic E-state index is 0.0349. The highest BCUT2D eigenvalue weighted by molar-refractivity contribution is 6.05. The molecule has 0 radical (unpaired) electrons. The molecule has 0 aliphatic heterocycles. The van der Waals surface area contributed by atoms with Gasteiger partial charge in [0.1, 0.15) is 17.2 Å². The van der Waals surface area contributed by atoms with Crippen molar-refractivity contribution in [2.45, 2.75) is 13.3 Å². The van der Waals surface area contributed by atoms with Crippen molar-refractivity contribution in [1.29, 1.82) is 0 Å². The smallest absolute Gasteiger partial charge is 0.270 e. The fourth-order valence-corrected chi connectivity index (χ4v) is 3.30. The molecule has 182 valence electrons. The van der Waals surface area contributed by atoms with Crippen molar-refractivity contribution in [3.8, 4) is 11.3 Å². The highest BCUT2D eigenvalue weighted by Crippen LogP contribution is 2.26. The summed E-state index contributed by atoms with van der Waals surface area (Å²) in [5.74, 6) is -0.140. The molecule has 0 saturated heterocycles. The SMILES string of the molecule is Cc1ccc(C(=O)N/C(=C\c2ccc(-c3cccc([N+](=O)[O-])c3)o2)C(=O)NCCC[NH+](C)C)cc1. The van der Waals surface area contributed by atoms with E-state index in [1.165, 1.54) is 23.1 Å². The van der Waals surface area contributed by atoms with Crippen molar-refractivity contribution in [3.63, 3.8) is 0 Å². The Balaban J connectivity index is 1.83. The first-order valence-corrected chi connectivity index (χ1v) is 11.2. The number of rotatable bonds is 10. The minimum atomic E-state index is -0.478. The van der Waals surface area contributed by atoms with E-state index < -0.39 is 16.7 Å². The number of nitro groups is 1. The molecule has 1 heterocycles. The number of nitrogens with one attached hydrogen (secondary N) is 3. The van der Waals surface area contributed by atoms with Crippen LogP contribution in [0.4, 0.5) is 5.69 Å². The Morgan fingerprint density at radius 3 is 2.51 bits per heavy atom. The molecule has 3 aromatic rings. The van der Waals surface area contributed by atoms with Crippen molar-refractivity contribution < 1.29 is 23.8 Å². The van der Waals surface area contributed by atoms with Gasteiger partial charge in [0.15, 0.2) is 0 Å². The van der Waals surface area contributed by atoms with Gasteiger partial charge in [0.05, 0.1) is 25.6 Å². The molecule has 3 rings (SSSR count). The number of nitro benzene ring substituents is 1. The van der Waals surface area contributed by atoms with E-state index in [-0.39, 0.29) is 11.4 Å². The van der Waals surface area contributed by atoms with Gasteiger partial charge < -0.3 is 20.0 Å². The van der Waals surface area contributed by atoms with E-state index in [4.69, 9.17) is 4.42 Å². The van der Waals surface area contributed by atoms with Crippen LogP contribution in [0.15, 0.2) is 70.8 Å². The molecule has 9 heteroatoms. The Morgan fingerprint density at radius 1 is 1.09 bits per heavy atom.